The van der Waals surface area contributed by atoms with Crippen LogP contribution in [-0.2, 0) is 4.43 Å². The monoisotopic (exact) mass is 567 g/mol. The highest BCUT2D eigenvalue weighted by atomic mass is 35.5. The lowest BCUT2D eigenvalue weighted by molar-refractivity contribution is 0.123. The number of hydrogen-bond donors (Lipinski definition) is 1. The van der Waals surface area contributed by atoms with Gasteiger partial charge in [-0.2, -0.15) is 0 Å². The quantitative estimate of drug-likeness (QED) is 0.306. The van der Waals surface area contributed by atoms with Crippen molar-refractivity contribution in [1.29, 1.82) is 0 Å². The van der Waals surface area contributed by atoms with Gasteiger partial charge in [0, 0.05) is 6.04 Å². The summed E-state index contributed by atoms with van der Waals surface area (Å²) in [4.78, 5) is 9.34. The van der Waals surface area contributed by atoms with E-state index in [1.165, 1.54) is 10.4 Å². The number of nitrogens with zero attached hydrogens (tertiary/aromatic N) is 2. The van der Waals surface area contributed by atoms with Gasteiger partial charge in [0.15, 0.2) is 5.75 Å². The number of piperidine rings is 1. The Labute approximate surface area is 242 Å². The highest BCUT2D eigenvalue weighted by Crippen LogP contribution is 2.38. The molecule has 3 atom stereocenters. The number of hydrogen-bond acceptors (Lipinski definition) is 5. The summed E-state index contributed by atoms with van der Waals surface area (Å²) in [7, 11) is -2.61. The van der Waals surface area contributed by atoms with Crippen molar-refractivity contribution < 1.29 is 9.16 Å². The van der Waals surface area contributed by atoms with Crippen LogP contribution in [0.4, 0.5) is 0 Å². The minimum absolute atomic E-state index is 0. The maximum Gasteiger partial charge on any atom is 0.261 e. The molecule has 2 heterocycles. The number of ether oxygens (including phenoxy) is 1. The number of aromatic nitrogens is 2. The Morgan fingerprint density at radius 3 is 1.87 bits per heavy atom. The minimum Gasteiger partial charge on any atom is -0.488 e. The van der Waals surface area contributed by atoms with Gasteiger partial charge in [0.25, 0.3) is 8.32 Å². The van der Waals surface area contributed by atoms with Gasteiger partial charge in [-0.15, -0.1) is 12.4 Å². The van der Waals surface area contributed by atoms with Crippen molar-refractivity contribution in [2.45, 2.75) is 84.5 Å². The van der Waals surface area contributed by atoms with Gasteiger partial charge < -0.3 is 14.5 Å². The minimum atomic E-state index is -2.61. The summed E-state index contributed by atoms with van der Waals surface area (Å²) in [5, 5.41) is 6.50. The molecular weight excluding hydrogens is 522 g/mol. The van der Waals surface area contributed by atoms with Gasteiger partial charge in [0.05, 0.1) is 31.1 Å². The first-order valence-electron chi connectivity index (χ1n) is 14.1. The van der Waals surface area contributed by atoms with Crippen molar-refractivity contribution in [3.05, 3.63) is 78.9 Å². The third-order valence-corrected chi connectivity index (χ3v) is 12.8. The van der Waals surface area contributed by atoms with Crippen molar-refractivity contribution in [3.63, 3.8) is 0 Å². The van der Waals surface area contributed by atoms with Gasteiger partial charge in [0.2, 0.25) is 0 Å². The van der Waals surface area contributed by atoms with Crippen LogP contribution < -0.4 is 20.4 Å². The molecule has 3 unspecified atom stereocenters. The molecule has 2 aromatic carbocycles. The van der Waals surface area contributed by atoms with Crippen molar-refractivity contribution in [1.82, 2.24) is 15.3 Å². The highest BCUT2D eigenvalue weighted by molar-refractivity contribution is 6.99. The second-order valence-electron chi connectivity index (χ2n) is 12.2. The van der Waals surface area contributed by atoms with Crippen LogP contribution in [0.3, 0.4) is 0 Å². The third-order valence-electron chi connectivity index (χ3n) is 7.80. The summed E-state index contributed by atoms with van der Waals surface area (Å²) in [6, 6.07) is 22.1. The van der Waals surface area contributed by atoms with Crippen LogP contribution in [0.25, 0.3) is 0 Å². The smallest absolute Gasteiger partial charge is 0.261 e. The third kappa shape index (κ3) is 7.10. The molecule has 1 saturated heterocycles. The van der Waals surface area contributed by atoms with Crippen LogP contribution in [0.15, 0.2) is 73.1 Å². The lowest BCUT2D eigenvalue weighted by Crippen LogP contribution is -2.67. The molecule has 1 aliphatic rings. The first-order chi connectivity index (χ1) is 18.1. The van der Waals surface area contributed by atoms with Crippen molar-refractivity contribution in [2.75, 3.05) is 6.61 Å². The number of halogens is 1. The summed E-state index contributed by atoms with van der Waals surface area (Å²) in [5.74, 6) is 2.62. The molecule has 7 heteroatoms. The van der Waals surface area contributed by atoms with Crippen LogP contribution in [0.5, 0.6) is 5.75 Å². The van der Waals surface area contributed by atoms with E-state index >= 15 is 0 Å². The Bertz CT molecular complexity index is 1100. The zero-order valence-corrected chi connectivity index (χ0v) is 26.4. The number of nitrogens with one attached hydrogen (secondary N) is 1. The normalized spacial score (nSPS) is 20.1. The van der Waals surface area contributed by atoms with Gasteiger partial charge in [-0.05, 0) is 53.9 Å². The predicted octanol–water partition coefficient (Wildman–Crippen LogP) is 6.33. The molecule has 1 fully saturated rings. The van der Waals surface area contributed by atoms with Crippen LogP contribution in [0.1, 0.15) is 73.2 Å². The Morgan fingerprint density at radius 2 is 1.41 bits per heavy atom. The predicted molar refractivity (Wildman–Crippen MR) is 166 cm³/mol. The summed E-state index contributed by atoms with van der Waals surface area (Å²) in [6.07, 6.45) is 5.84. The summed E-state index contributed by atoms with van der Waals surface area (Å²) >= 11 is 0. The SMILES string of the molecule is CC(C)Oc1cnc(C2CCC(C(C)C)C(CO[Si](c3ccccc3)(c3ccccc3)C(C)(C)C)N2)nc1.Cl. The Morgan fingerprint density at radius 1 is 0.872 bits per heavy atom. The highest BCUT2D eigenvalue weighted by Gasteiger charge is 2.51. The van der Waals surface area contributed by atoms with E-state index < -0.39 is 8.32 Å². The second kappa shape index (κ2) is 13.4. The molecule has 0 saturated carbocycles. The average Bonchev–Trinajstić information content (AvgIpc) is 2.89. The maximum atomic E-state index is 7.35. The molecule has 212 valence electrons. The number of benzene rings is 2. The average molecular weight is 568 g/mol. The van der Waals surface area contributed by atoms with Gasteiger partial charge >= 0.3 is 0 Å². The largest absolute Gasteiger partial charge is 0.488 e. The molecule has 0 bridgehead atoms. The zero-order valence-electron chi connectivity index (χ0n) is 24.6. The molecule has 0 amide bonds. The van der Waals surface area contributed by atoms with Crippen LogP contribution in [0, 0.1) is 11.8 Å². The van der Waals surface area contributed by atoms with E-state index in [-0.39, 0.29) is 35.6 Å². The lowest BCUT2D eigenvalue weighted by Gasteiger charge is -2.46. The summed E-state index contributed by atoms with van der Waals surface area (Å²) < 4.78 is 13.1. The molecule has 0 aliphatic carbocycles. The first kappa shape index (κ1) is 31.3. The Kier molecular flexibility index (Phi) is 10.7. The molecule has 1 aliphatic heterocycles. The van der Waals surface area contributed by atoms with Gasteiger partial charge in [0.1, 0.15) is 5.82 Å². The van der Waals surface area contributed by atoms with Gasteiger partial charge in [-0.3, -0.25) is 0 Å². The standard InChI is InChI=1S/C32H45N3O2Si.ClH/c1-23(2)28-18-19-29(31-33-20-25(21-34-31)37-24(3)4)35-30(28)22-36-38(32(5,6)7,26-14-10-8-11-15-26)27-16-12-9-13-17-27;/h8-17,20-21,23-24,28-30,35H,18-19,22H2,1-7H3;1H. The van der Waals surface area contributed by atoms with Crippen molar-refractivity contribution in [3.8, 4) is 5.75 Å². The molecule has 5 nitrogen and oxygen atoms in total. The molecule has 0 radical (unpaired) electrons. The van der Waals surface area contributed by atoms with Crippen LogP contribution >= 0.6 is 12.4 Å². The molecule has 39 heavy (non-hydrogen) atoms. The van der Waals surface area contributed by atoms with Crippen LogP contribution in [-0.4, -0.2) is 37.0 Å². The van der Waals surface area contributed by atoms with E-state index in [0.29, 0.717) is 24.2 Å². The molecular formula is C32H46ClN3O2Si. The zero-order chi connectivity index (χ0) is 27.3. The van der Waals surface area contributed by atoms with Gasteiger partial charge in [-0.25, -0.2) is 9.97 Å². The molecule has 3 aromatic rings. The van der Waals surface area contributed by atoms with Crippen molar-refractivity contribution in [2.24, 2.45) is 11.8 Å². The van der Waals surface area contributed by atoms with Crippen molar-refractivity contribution >= 4 is 31.1 Å². The molecule has 0 spiro atoms. The van der Waals surface area contributed by atoms with E-state index in [1.54, 1.807) is 12.4 Å². The topological polar surface area (TPSA) is 56.3 Å². The maximum absolute atomic E-state index is 7.35. The van der Waals surface area contributed by atoms with E-state index in [1.807, 2.05) is 13.8 Å². The number of rotatable bonds is 9. The van der Waals surface area contributed by atoms with E-state index in [9.17, 15) is 0 Å². The molecule has 1 N–H and O–H groups in total. The summed E-state index contributed by atoms with van der Waals surface area (Å²) in [6.45, 7) is 16.4. The molecule has 1 aromatic heterocycles. The van der Waals surface area contributed by atoms with Crippen LogP contribution in [0.2, 0.25) is 5.04 Å². The van der Waals surface area contributed by atoms with E-state index in [4.69, 9.17) is 9.16 Å². The second-order valence-corrected chi connectivity index (χ2v) is 16.5. The lowest BCUT2D eigenvalue weighted by atomic mass is 9.80. The summed E-state index contributed by atoms with van der Waals surface area (Å²) in [5.41, 5.74) is 0. The fourth-order valence-electron chi connectivity index (χ4n) is 6.01. The fourth-order valence-corrected chi connectivity index (χ4v) is 10.6. The van der Waals surface area contributed by atoms with E-state index in [2.05, 4.69) is 111 Å². The first-order valence-corrected chi connectivity index (χ1v) is 16.0. The Hall–Kier alpha value is -2.25. The Balaban J connectivity index is 0.00000420. The van der Waals surface area contributed by atoms with E-state index in [0.717, 1.165) is 18.7 Å². The van der Waals surface area contributed by atoms with Gasteiger partial charge in [-0.1, -0.05) is 95.3 Å². The molecule has 4 rings (SSSR count). The fraction of sp³-hybridized carbons (Fsp3) is 0.500.